The van der Waals surface area contributed by atoms with Gasteiger partial charge in [0, 0.05) is 16.7 Å². The van der Waals surface area contributed by atoms with Gasteiger partial charge in [-0.15, -0.1) is 0 Å². The zero-order valence-electron chi connectivity index (χ0n) is 18.7. The fraction of sp³-hybridized carbons (Fsp3) is 0.321. The van der Waals surface area contributed by atoms with Crippen LogP contribution in [0.4, 0.5) is 0 Å². The van der Waals surface area contributed by atoms with Gasteiger partial charge in [0.2, 0.25) is 0 Å². The smallest absolute Gasteiger partial charge is 0.340 e. The van der Waals surface area contributed by atoms with Crippen molar-refractivity contribution < 1.29 is 9.53 Å². The largest absolute Gasteiger partial charge is 0.441 e. The fourth-order valence-electron chi connectivity index (χ4n) is 4.52. The van der Waals surface area contributed by atoms with Crippen molar-refractivity contribution >= 4 is 5.97 Å². The van der Waals surface area contributed by atoms with Crippen molar-refractivity contribution in [1.82, 2.24) is 0 Å². The van der Waals surface area contributed by atoms with Crippen LogP contribution >= 0.6 is 0 Å². The molecule has 0 atom stereocenters. The van der Waals surface area contributed by atoms with E-state index in [0.29, 0.717) is 17.4 Å². The number of carbonyl (C=O) groups is 1. The first-order valence-electron chi connectivity index (χ1n) is 10.8. The average molecular weight is 399 g/mol. The molecular weight excluding hydrogens is 368 g/mol. The molecule has 4 rings (SSSR count). The summed E-state index contributed by atoms with van der Waals surface area (Å²) in [7, 11) is 0. The van der Waals surface area contributed by atoms with E-state index in [1.165, 1.54) is 11.1 Å². The summed E-state index contributed by atoms with van der Waals surface area (Å²) < 4.78 is 6.38. The van der Waals surface area contributed by atoms with Crippen molar-refractivity contribution in [2.45, 2.75) is 59.0 Å². The van der Waals surface area contributed by atoms with Gasteiger partial charge in [0.05, 0.1) is 5.56 Å². The number of hydrogen-bond acceptors (Lipinski definition) is 2. The lowest BCUT2D eigenvalue weighted by Gasteiger charge is -2.34. The van der Waals surface area contributed by atoms with Gasteiger partial charge < -0.3 is 4.74 Å². The Bertz CT molecular complexity index is 1060. The Kier molecular flexibility index (Phi) is 5.05. The van der Waals surface area contributed by atoms with Crippen molar-refractivity contribution in [2.75, 3.05) is 0 Å². The Hall–Kier alpha value is -2.87. The number of rotatable bonds is 4. The third kappa shape index (κ3) is 3.06. The second-order valence-corrected chi connectivity index (χ2v) is 9.07. The van der Waals surface area contributed by atoms with Gasteiger partial charge >= 0.3 is 5.97 Å². The molecule has 2 nitrogen and oxygen atoms in total. The highest BCUT2D eigenvalue weighted by Crippen LogP contribution is 2.49. The number of cyclic esters (lactones) is 1. The molecule has 0 saturated heterocycles. The van der Waals surface area contributed by atoms with Gasteiger partial charge in [0.1, 0.15) is 0 Å². The summed E-state index contributed by atoms with van der Waals surface area (Å²) in [5, 5.41) is 0. The second-order valence-electron chi connectivity index (χ2n) is 9.07. The summed E-state index contributed by atoms with van der Waals surface area (Å²) in [5.74, 6) is 0.517. The van der Waals surface area contributed by atoms with E-state index >= 15 is 0 Å². The normalized spacial score (nSPS) is 14.9. The van der Waals surface area contributed by atoms with Crippen LogP contribution in [0.3, 0.4) is 0 Å². The van der Waals surface area contributed by atoms with Crippen LogP contribution < -0.4 is 0 Å². The molecule has 154 valence electrons. The Morgan fingerprint density at radius 3 is 1.70 bits per heavy atom. The summed E-state index contributed by atoms with van der Waals surface area (Å²) >= 11 is 0. The number of fused-ring (bicyclic) bond motifs is 1. The minimum absolute atomic E-state index is 0.255. The average Bonchev–Trinajstić information content (AvgIpc) is 3.02. The van der Waals surface area contributed by atoms with Gasteiger partial charge in [0.15, 0.2) is 5.60 Å². The number of aryl methyl sites for hydroxylation is 2. The molecule has 0 saturated carbocycles. The molecule has 0 fully saturated rings. The van der Waals surface area contributed by atoms with Crippen LogP contribution in [-0.4, -0.2) is 5.97 Å². The first-order chi connectivity index (χ1) is 14.3. The zero-order valence-corrected chi connectivity index (χ0v) is 18.7. The predicted octanol–water partition coefficient (Wildman–Crippen LogP) is 7.01. The topological polar surface area (TPSA) is 26.3 Å². The van der Waals surface area contributed by atoms with E-state index in [9.17, 15) is 4.79 Å². The van der Waals surface area contributed by atoms with Crippen LogP contribution in [0.2, 0.25) is 0 Å². The fourth-order valence-corrected chi connectivity index (χ4v) is 4.52. The monoisotopic (exact) mass is 398 g/mol. The SMILES string of the molecule is Cc1ccc(C(C)C)cc1C1(c2cc(C(C)C)ccc2C)OC(=O)c2ccccc21. The van der Waals surface area contributed by atoms with Crippen LogP contribution in [0.1, 0.15) is 88.8 Å². The molecule has 3 aromatic carbocycles. The van der Waals surface area contributed by atoms with Crippen molar-refractivity contribution in [3.8, 4) is 0 Å². The molecule has 1 heterocycles. The summed E-state index contributed by atoms with van der Waals surface area (Å²) in [6.45, 7) is 13.0. The van der Waals surface area contributed by atoms with E-state index in [4.69, 9.17) is 4.74 Å². The Morgan fingerprint density at radius 1 is 0.700 bits per heavy atom. The molecule has 1 aliphatic rings. The number of hydrogen-bond donors (Lipinski definition) is 0. The van der Waals surface area contributed by atoms with Gasteiger partial charge in [-0.25, -0.2) is 4.79 Å². The lowest BCUT2D eigenvalue weighted by atomic mass is 9.75. The summed E-state index contributed by atoms with van der Waals surface area (Å²) in [6.07, 6.45) is 0. The van der Waals surface area contributed by atoms with Crippen LogP contribution in [0, 0.1) is 13.8 Å². The molecule has 0 spiro atoms. The number of benzene rings is 3. The molecule has 30 heavy (non-hydrogen) atoms. The quantitative estimate of drug-likeness (QED) is 0.442. The highest BCUT2D eigenvalue weighted by atomic mass is 16.6. The molecule has 0 N–H and O–H groups in total. The van der Waals surface area contributed by atoms with E-state index in [0.717, 1.165) is 27.8 Å². The van der Waals surface area contributed by atoms with Gasteiger partial charge in [-0.2, -0.15) is 0 Å². The first-order valence-corrected chi connectivity index (χ1v) is 10.8. The predicted molar refractivity (Wildman–Crippen MR) is 122 cm³/mol. The molecule has 0 radical (unpaired) electrons. The lowest BCUT2D eigenvalue weighted by molar-refractivity contribution is 0.0248. The molecule has 0 amide bonds. The molecule has 0 aromatic heterocycles. The molecule has 2 heteroatoms. The minimum atomic E-state index is -0.933. The summed E-state index contributed by atoms with van der Waals surface area (Å²) in [5.41, 5.74) is 7.49. The standard InChI is InChI=1S/C28H30O2/c1-17(2)21-13-11-19(5)25(15-21)28(24-10-8-7-9-23(24)27(29)30-28)26-16-22(18(3)4)14-12-20(26)6/h7-18H,1-6H3. The first kappa shape index (κ1) is 20.4. The minimum Gasteiger partial charge on any atom is -0.441 e. The van der Waals surface area contributed by atoms with Crippen molar-refractivity contribution in [3.63, 3.8) is 0 Å². The van der Waals surface area contributed by atoms with Gasteiger partial charge in [-0.3, -0.25) is 0 Å². The van der Waals surface area contributed by atoms with Crippen molar-refractivity contribution in [3.05, 3.63) is 105 Å². The number of carbonyl (C=O) groups excluding carboxylic acids is 1. The van der Waals surface area contributed by atoms with E-state index < -0.39 is 5.60 Å². The Labute approximate surface area is 179 Å². The maximum absolute atomic E-state index is 13.1. The molecule has 0 unspecified atom stereocenters. The third-order valence-corrected chi connectivity index (χ3v) is 6.39. The van der Waals surface area contributed by atoms with Crippen molar-refractivity contribution in [1.29, 1.82) is 0 Å². The number of ether oxygens (including phenoxy) is 1. The van der Waals surface area contributed by atoms with E-state index in [1.807, 2.05) is 24.3 Å². The van der Waals surface area contributed by atoms with Gasteiger partial charge in [0.25, 0.3) is 0 Å². The molecule has 0 aliphatic carbocycles. The second kappa shape index (κ2) is 7.43. The van der Waals surface area contributed by atoms with Crippen LogP contribution in [0.25, 0.3) is 0 Å². The summed E-state index contributed by atoms with van der Waals surface area (Å²) in [6, 6.07) is 21.0. The van der Waals surface area contributed by atoms with Gasteiger partial charge in [-0.05, 0) is 54.0 Å². The lowest BCUT2D eigenvalue weighted by Crippen LogP contribution is -2.32. The van der Waals surface area contributed by atoms with E-state index in [1.54, 1.807) is 0 Å². The van der Waals surface area contributed by atoms with Crippen LogP contribution in [-0.2, 0) is 10.3 Å². The van der Waals surface area contributed by atoms with Crippen molar-refractivity contribution in [2.24, 2.45) is 0 Å². The molecule has 0 bridgehead atoms. The van der Waals surface area contributed by atoms with Crippen LogP contribution in [0.5, 0.6) is 0 Å². The third-order valence-electron chi connectivity index (χ3n) is 6.39. The maximum atomic E-state index is 13.1. The molecular formula is C28H30O2. The Morgan fingerprint density at radius 2 is 1.20 bits per heavy atom. The highest BCUT2D eigenvalue weighted by molar-refractivity contribution is 5.96. The Balaban J connectivity index is 2.12. The van der Waals surface area contributed by atoms with Crippen LogP contribution in [0.15, 0.2) is 60.7 Å². The van der Waals surface area contributed by atoms with E-state index in [-0.39, 0.29) is 5.97 Å². The molecule has 3 aromatic rings. The highest BCUT2D eigenvalue weighted by Gasteiger charge is 2.50. The van der Waals surface area contributed by atoms with Gasteiger partial charge in [-0.1, -0.05) is 82.3 Å². The number of esters is 1. The maximum Gasteiger partial charge on any atom is 0.340 e. The van der Waals surface area contributed by atoms with E-state index in [2.05, 4.69) is 77.9 Å². The molecule has 1 aliphatic heterocycles. The summed E-state index contributed by atoms with van der Waals surface area (Å²) in [4.78, 5) is 13.1. The zero-order chi connectivity index (χ0) is 21.6.